The third kappa shape index (κ3) is 6.42. The Kier molecular flexibility index (Phi) is 7.69. The standard InChI is InChI=1S/C16H18Cl2N2O4S2/c1-26(22,23)20(15-5-4-12(17)9-14(15)18)10-16(21)19-6-8-25-11-13-3-2-7-24-13/h2-5,7,9H,6,8,10-11H2,1H3,(H,19,21). The minimum absolute atomic E-state index is 0.157. The molecular formula is C16H18Cl2N2O4S2. The van der Waals surface area contributed by atoms with Crippen molar-refractivity contribution >= 4 is 56.6 Å². The third-order valence-corrected chi connectivity index (χ3v) is 5.90. The van der Waals surface area contributed by atoms with Gasteiger partial charge in [-0.15, -0.1) is 0 Å². The van der Waals surface area contributed by atoms with E-state index < -0.39 is 15.9 Å². The zero-order valence-corrected chi connectivity index (χ0v) is 17.1. The van der Waals surface area contributed by atoms with Crippen molar-refractivity contribution in [3.63, 3.8) is 0 Å². The summed E-state index contributed by atoms with van der Waals surface area (Å²) in [5.41, 5.74) is 0.209. The fraction of sp³-hybridized carbons (Fsp3) is 0.312. The molecule has 2 aromatic rings. The predicted octanol–water partition coefficient (Wildman–Crippen LogP) is 3.40. The smallest absolute Gasteiger partial charge is 0.240 e. The van der Waals surface area contributed by atoms with Crippen LogP contribution in [0.5, 0.6) is 0 Å². The Balaban J connectivity index is 1.88. The van der Waals surface area contributed by atoms with Gasteiger partial charge in [-0.2, -0.15) is 11.8 Å². The van der Waals surface area contributed by atoms with Gasteiger partial charge >= 0.3 is 0 Å². The summed E-state index contributed by atoms with van der Waals surface area (Å²) in [6, 6.07) is 8.12. The lowest BCUT2D eigenvalue weighted by Crippen LogP contribution is -2.41. The van der Waals surface area contributed by atoms with Crippen LogP contribution >= 0.6 is 35.0 Å². The maximum Gasteiger partial charge on any atom is 0.240 e. The van der Waals surface area contributed by atoms with Crippen LogP contribution in [0.4, 0.5) is 5.69 Å². The van der Waals surface area contributed by atoms with Gasteiger partial charge in [-0.3, -0.25) is 9.10 Å². The average Bonchev–Trinajstić information content (AvgIpc) is 3.05. The molecule has 0 saturated heterocycles. The number of hydrogen-bond donors (Lipinski definition) is 1. The molecule has 0 spiro atoms. The van der Waals surface area contributed by atoms with Crippen LogP contribution in [-0.2, 0) is 20.6 Å². The highest BCUT2D eigenvalue weighted by Gasteiger charge is 2.23. The fourth-order valence-electron chi connectivity index (χ4n) is 2.08. The number of halogens is 2. The lowest BCUT2D eigenvalue weighted by molar-refractivity contribution is -0.119. The Morgan fingerprint density at radius 2 is 2.08 bits per heavy atom. The number of anilines is 1. The van der Waals surface area contributed by atoms with Crippen LogP contribution in [0.25, 0.3) is 0 Å². The van der Waals surface area contributed by atoms with E-state index in [0.29, 0.717) is 23.1 Å². The first kappa shape index (κ1) is 21.0. The van der Waals surface area contributed by atoms with E-state index in [1.54, 1.807) is 18.0 Å². The number of sulfonamides is 1. The van der Waals surface area contributed by atoms with Crippen molar-refractivity contribution in [1.82, 2.24) is 5.32 Å². The van der Waals surface area contributed by atoms with E-state index in [9.17, 15) is 13.2 Å². The summed E-state index contributed by atoms with van der Waals surface area (Å²) in [4.78, 5) is 12.1. The molecular weight excluding hydrogens is 419 g/mol. The van der Waals surface area contributed by atoms with E-state index in [-0.39, 0.29) is 17.3 Å². The molecule has 0 radical (unpaired) electrons. The zero-order chi connectivity index (χ0) is 19.2. The van der Waals surface area contributed by atoms with Crippen molar-refractivity contribution in [2.75, 3.05) is 29.4 Å². The maximum atomic E-state index is 12.1. The van der Waals surface area contributed by atoms with Crippen molar-refractivity contribution in [3.05, 3.63) is 52.4 Å². The Morgan fingerprint density at radius 3 is 2.69 bits per heavy atom. The Morgan fingerprint density at radius 1 is 1.31 bits per heavy atom. The molecule has 1 aromatic heterocycles. The number of hydrogen-bond acceptors (Lipinski definition) is 5. The monoisotopic (exact) mass is 436 g/mol. The summed E-state index contributed by atoms with van der Waals surface area (Å²) in [5.74, 6) is 1.83. The van der Waals surface area contributed by atoms with E-state index >= 15 is 0 Å². The molecule has 2 rings (SSSR count). The van der Waals surface area contributed by atoms with E-state index in [0.717, 1.165) is 16.3 Å². The molecule has 26 heavy (non-hydrogen) atoms. The van der Waals surface area contributed by atoms with Crippen molar-refractivity contribution in [1.29, 1.82) is 0 Å². The SMILES string of the molecule is CS(=O)(=O)N(CC(=O)NCCSCc1ccco1)c1ccc(Cl)cc1Cl. The van der Waals surface area contributed by atoms with Gasteiger partial charge < -0.3 is 9.73 Å². The van der Waals surface area contributed by atoms with Gasteiger partial charge in [0.2, 0.25) is 15.9 Å². The quantitative estimate of drug-likeness (QED) is 0.609. The lowest BCUT2D eigenvalue weighted by Gasteiger charge is -2.23. The van der Waals surface area contributed by atoms with Gasteiger partial charge in [-0.25, -0.2) is 8.42 Å². The Bertz CT molecular complexity index is 842. The number of thioether (sulfide) groups is 1. The van der Waals surface area contributed by atoms with Crippen LogP contribution < -0.4 is 9.62 Å². The number of amides is 1. The average molecular weight is 437 g/mol. The highest BCUT2D eigenvalue weighted by molar-refractivity contribution is 7.98. The summed E-state index contributed by atoms with van der Waals surface area (Å²) in [6.07, 6.45) is 2.63. The van der Waals surface area contributed by atoms with Gasteiger partial charge in [0, 0.05) is 17.3 Å². The van der Waals surface area contributed by atoms with Crippen LogP contribution in [0.3, 0.4) is 0 Å². The molecule has 1 aromatic carbocycles. The predicted molar refractivity (Wildman–Crippen MR) is 107 cm³/mol. The van der Waals surface area contributed by atoms with Crippen molar-refractivity contribution in [3.8, 4) is 0 Å². The van der Waals surface area contributed by atoms with Crippen molar-refractivity contribution < 1.29 is 17.6 Å². The molecule has 6 nitrogen and oxygen atoms in total. The summed E-state index contributed by atoms with van der Waals surface area (Å²) in [7, 11) is -3.69. The molecule has 1 N–H and O–H groups in total. The second-order valence-electron chi connectivity index (χ2n) is 5.35. The summed E-state index contributed by atoms with van der Waals surface area (Å²) < 4.78 is 30.3. The number of furan rings is 1. The molecule has 0 atom stereocenters. The molecule has 0 fully saturated rings. The Labute approximate surface area is 166 Å². The molecule has 0 aliphatic heterocycles. The zero-order valence-electron chi connectivity index (χ0n) is 13.9. The van der Waals surface area contributed by atoms with Crippen LogP contribution in [-0.4, -0.2) is 39.4 Å². The number of nitrogens with one attached hydrogen (secondary N) is 1. The van der Waals surface area contributed by atoms with Gasteiger partial charge in [-0.05, 0) is 30.3 Å². The minimum atomic E-state index is -3.69. The minimum Gasteiger partial charge on any atom is -0.468 e. The molecule has 0 aliphatic carbocycles. The normalized spacial score (nSPS) is 11.3. The van der Waals surface area contributed by atoms with E-state index in [4.69, 9.17) is 27.6 Å². The van der Waals surface area contributed by atoms with Crippen LogP contribution in [0, 0.1) is 0 Å². The molecule has 0 unspecified atom stereocenters. The summed E-state index contributed by atoms with van der Waals surface area (Å²) in [5, 5.41) is 3.24. The number of carbonyl (C=O) groups is 1. The topological polar surface area (TPSA) is 79.6 Å². The van der Waals surface area contributed by atoms with Gasteiger partial charge in [0.25, 0.3) is 0 Å². The van der Waals surface area contributed by atoms with Gasteiger partial charge in [-0.1, -0.05) is 23.2 Å². The molecule has 0 aliphatic rings. The lowest BCUT2D eigenvalue weighted by atomic mass is 10.3. The number of carbonyl (C=O) groups excluding carboxylic acids is 1. The maximum absolute atomic E-state index is 12.1. The van der Waals surface area contributed by atoms with E-state index in [1.807, 2.05) is 12.1 Å². The number of rotatable bonds is 9. The fourth-order valence-corrected chi connectivity index (χ4v) is 4.27. The van der Waals surface area contributed by atoms with Crippen LogP contribution in [0.2, 0.25) is 10.0 Å². The van der Waals surface area contributed by atoms with Crippen molar-refractivity contribution in [2.24, 2.45) is 0 Å². The van der Waals surface area contributed by atoms with Gasteiger partial charge in [0.05, 0.1) is 29.0 Å². The second kappa shape index (κ2) is 9.55. The molecule has 0 bridgehead atoms. The number of nitrogens with zero attached hydrogens (tertiary/aromatic N) is 1. The van der Waals surface area contributed by atoms with Gasteiger partial charge in [0.1, 0.15) is 12.3 Å². The molecule has 1 heterocycles. The highest BCUT2D eigenvalue weighted by atomic mass is 35.5. The Hall–Kier alpha value is -1.35. The molecule has 1 amide bonds. The van der Waals surface area contributed by atoms with Crippen LogP contribution in [0.15, 0.2) is 41.0 Å². The first-order chi connectivity index (χ1) is 12.3. The summed E-state index contributed by atoms with van der Waals surface area (Å²) >= 11 is 13.5. The molecule has 0 saturated carbocycles. The second-order valence-corrected chi connectivity index (χ2v) is 9.20. The third-order valence-electron chi connectivity index (χ3n) is 3.26. The van der Waals surface area contributed by atoms with E-state index in [2.05, 4.69) is 5.32 Å². The molecule has 10 heteroatoms. The largest absolute Gasteiger partial charge is 0.468 e. The first-order valence-corrected chi connectivity index (χ1v) is 11.3. The number of benzene rings is 1. The van der Waals surface area contributed by atoms with Crippen LogP contribution in [0.1, 0.15) is 5.76 Å². The van der Waals surface area contributed by atoms with Crippen molar-refractivity contribution in [2.45, 2.75) is 5.75 Å². The summed E-state index contributed by atoms with van der Waals surface area (Å²) in [6.45, 7) is 0.0548. The highest BCUT2D eigenvalue weighted by Crippen LogP contribution is 2.30. The van der Waals surface area contributed by atoms with Gasteiger partial charge in [0.15, 0.2) is 0 Å². The van der Waals surface area contributed by atoms with E-state index in [1.165, 1.54) is 18.2 Å². The molecule has 142 valence electrons. The first-order valence-electron chi connectivity index (χ1n) is 7.57.